The van der Waals surface area contributed by atoms with E-state index >= 15 is 0 Å². The minimum atomic E-state index is 0.0683. The van der Waals surface area contributed by atoms with Crippen LogP contribution in [0.25, 0.3) is 11.0 Å². The number of aliphatic hydroxyl groups excluding tert-OH is 1. The molecule has 0 saturated carbocycles. The van der Waals surface area contributed by atoms with Gasteiger partial charge >= 0.3 is 0 Å². The van der Waals surface area contributed by atoms with Crippen molar-refractivity contribution in [3.63, 3.8) is 0 Å². The predicted octanol–water partition coefficient (Wildman–Crippen LogP) is 1.37. The molecule has 1 aromatic heterocycles. The van der Waals surface area contributed by atoms with Crippen molar-refractivity contribution in [1.82, 2.24) is 5.16 Å². The van der Waals surface area contributed by atoms with Crippen LogP contribution in [0, 0.1) is 0 Å². The van der Waals surface area contributed by atoms with Gasteiger partial charge in [-0.3, -0.25) is 0 Å². The van der Waals surface area contributed by atoms with E-state index < -0.39 is 0 Å². The molecule has 0 unspecified atom stereocenters. The van der Waals surface area contributed by atoms with Gasteiger partial charge in [0.15, 0.2) is 5.58 Å². The third-order valence-corrected chi connectivity index (χ3v) is 2.10. The van der Waals surface area contributed by atoms with Crippen LogP contribution in [0.5, 0.6) is 5.75 Å². The highest BCUT2D eigenvalue weighted by Crippen LogP contribution is 2.23. The number of aliphatic hydroxyl groups is 1. The fourth-order valence-electron chi connectivity index (χ4n) is 1.38. The number of ether oxygens (including phenoxy) is 1. The van der Waals surface area contributed by atoms with Gasteiger partial charge < -0.3 is 14.4 Å². The Balaban J connectivity index is 2.52. The molecule has 0 atom stereocenters. The molecular weight excluding hydrogens is 182 g/mol. The Labute approximate surface area is 81.1 Å². The summed E-state index contributed by atoms with van der Waals surface area (Å²) >= 11 is 0. The molecule has 1 N–H and O–H groups in total. The first-order valence-corrected chi connectivity index (χ1v) is 4.38. The van der Waals surface area contributed by atoms with Crippen molar-refractivity contribution < 1.29 is 14.4 Å². The predicted molar refractivity (Wildman–Crippen MR) is 51.4 cm³/mol. The van der Waals surface area contributed by atoms with Crippen LogP contribution in [0.1, 0.15) is 5.69 Å². The van der Waals surface area contributed by atoms with Crippen LogP contribution in [0.4, 0.5) is 0 Å². The van der Waals surface area contributed by atoms with Crippen LogP contribution in [-0.4, -0.2) is 24.0 Å². The van der Waals surface area contributed by atoms with Crippen molar-refractivity contribution in [2.45, 2.75) is 6.42 Å². The number of benzene rings is 1. The van der Waals surface area contributed by atoms with E-state index in [1.165, 1.54) is 0 Å². The second-order valence-corrected chi connectivity index (χ2v) is 2.96. The van der Waals surface area contributed by atoms with Gasteiger partial charge in [0.1, 0.15) is 5.75 Å². The van der Waals surface area contributed by atoms with Crippen LogP contribution in [0.3, 0.4) is 0 Å². The Hall–Kier alpha value is -1.55. The standard InChI is InChI=1S/C10H11NO3/c1-13-7-2-3-10-8(6-7)9(4-5-12)11-14-10/h2-3,6,12H,4-5H2,1H3. The van der Waals surface area contributed by atoms with Crippen molar-refractivity contribution in [1.29, 1.82) is 0 Å². The molecular formula is C10H11NO3. The second kappa shape index (κ2) is 3.67. The quantitative estimate of drug-likeness (QED) is 0.799. The van der Waals surface area contributed by atoms with Gasteiger partial charge in [-0.15, -0.1) is 0 Å². The highest BCUT2D eigenvalue weighted by Gasteiger charge is 2.08. The molecule has 0 radical (unpaired) electrons. The van der Waals surface area contributed by atoms with Gasteiger partial charge in [-0.2, -0.15) is 0 Å². The maximum absolute atomic E-state index is 8.81. The summed E-state index contributed by atoms with van der Waals surface area (Å²) in [7, 11) is 1.61. The topological polar surface area (TPSA) is 55.5 Å². The van der Waals surface area contributed by atoms with Crippen molar-refractivity contribution in [2.75, 3.05) is 13.7 Å². The van der Waals surface area contributed by atoms with E-state index in [9.17, 15) is 0 Å². The average molecular weight is 193 g/mol. The number of rotatable bonds is 3. The SMILES string of the molecule is COc1ccc2onc(CCO)c2c1. The van der Waals surface area contributed by atoms with Crippen LogP contribution in [-0.2, 0) is 6.42 Å². The zero-order valence-corrected chi connectivity index (χ0v) is 7.86. The van der Waals surface area contributed by atoms with Gasteiger partial charge in [0, 0.05) is 18.4 Å². The first kappa shape index (κ1) is 9.02. The summed E-state index contributed by atoms with van der Waals surface area (Å²) in [5, 5.41) is 13.6. The van der Waals surface area contributed by atoms with Gasteiger partial charge in [0.2, 0.25) is 0 Å². The Kier molecular flexibility index (Phi) is 2.37. The first-order chi connectivity index (χ1) is 6.85. The lowest BCUT2D eigenvalue weighted by Gasteiger charge is -1.98. The smallest absolute Gasteiger partial charge is 0.167 e. The summed E-state index contributed by atoms with van der Waals surface area (Å²) in [5.41, 5.74) is 1.48. The Bertz CT molecular complexity index is 436. The van der Waals surface area contributed by atoms with E-state index in [-0.39, 0.29) is 6.61 Å². The normalized spacial score (nSPS) is 10.7. The van der Waals surface area contributed by atoms with Gasteiger partial charge in [0.05, 0.1) is 12.8 Å². The molecule has 0 spiro atoms. The zero-order chi connectivity index (χ0) is 9.97. The lowest BCUT2D eigenvalue weighted by atomic mass is 10.2. The van der Waals surface area contributed by atoms with Crippen LogP contribution >= 0.6 is 0 Å². The van der Waals surface area contributed by atoms with Crippen molar-refractivity contribution >= 4 is 11.0 Å². The van der Waals surface area contributed by atoms with E-state index in [1.807, 2.05) is 18.2 Å². The maximum atomic E-state index is 8.81. The van der Waals surface area contributed by atoms with E-state index in [2.05, 4.69) is 5.16 Å². The molecule has 74 valence electrons. The molecule has 14 heavy (non-hydrogen) atoms. The number of aromatic nitrogens is 1. The molecule has 1 heterocycles. The molecule has 0 aliphatic heterocycles. The molecule has 0 aliphatic rings. The van der Waals surface area contributed by atoms with Gasteiger partial charge in [-0.1, -0.05) is 5.16 Å². The number of fused-ring (bicyclic) bond motifs is 1. The summed E-state index contributed by atoms with van der Waals surface area (Å²) in [4.78, 5) is 0. The summed E-state index contributed by atoms with van der Waals surface area (Å²) in [6.07, 6.45) is 0.500. The Morgan fingerprint density at radius 3 is 3.07 bits per heavy atom. The highest BCUT2D eigenvalue weighted by atomic mass is 16.5. The molecule has 0 saturated heterocycles. The molecule has 2 rings (SSSR count). The van der Waals surface area contributed by atoms with Crippen LogP contribution in [0.15, 0.2) is 22.7 Å². The van der Waals surface area contributed by atoms with Crippen molar-refractivity contribution in [3.05, 3.63) is 23.9 Å². The van der Waals surface area contributed by atoms with Gasteiger partial charge in [-0.05, 0) is 18.2 Å². The first-order valence-electron chi connectivity index (χ1n) is 4.38. The fraction of sp³-hybridized carbons (Fsp3) is 0.300. The molecule has 0 amide bonds. The zero-order valence-electron chi connectivity index (χ0n) is 7.86. The van der Waals surface area contributed by atoms with Gasteiger partial charge in [-0.25, -0.2) is 0 Å². The van der Waals surface area contributed by atoms with Crippen molar-refractivity contribution in [2.24, 2.45) is 0 Å². The Morgan fingerprint density at radius 2 is 2.36 bits per heavy atom. The summed E-state index contributed by atoms with van der Waals surface area (Å²) < 4.78 is 10.2. The summed E-state index contributed by atoms with van der Waals surface area (Å²) in [6.45, 7) is 0.0683. The summed E-state index contributed by atoms with van der Waals surface area (Å²) in [6, 6.07) is 5.48. The lowest BCUT2D eigenvalue weighted by Crippen LogP contribution is -1.91. The second-order valence-electron chi connectivity index (χ2n) is 2.96. The number of hydrogen-bond donors (Lipinski definition) is 1. The Morgan fingerprint density at radius 1 is 1.50 bits per heavy atom. The fourth-order valence-corrected chi connectivity index (χ4v) is 1.38. The van der Waals surface area contributed by atoms with Crippen molar-refractivity contribution in [3.8, 4) is 5.75 Å². The minimum absolute atomic E-state index is 0.0683. The molecule has 0 fully saturated rings. The average Bonchev–Trinajstić information content (AvgIpc) is 2.61. The molecule has 2 aromatic rings. The molecule has 0 bridgehead atoms. The minimum Gasteiger partial charge on any atom is -0.497 e. The van der Waals surface area contributed by atoms with E-state index in [0.717, 1.165) is 16.8 Å². The molecule has 4 heteroatoms. The molecule has 1 aromatic carbocycles. The lowest BCUT2D eigenvalue weighted by molar-refractivity contribution is 0.295. The van der Waals surface area contributed by atoms with Gasteiger partial charge in [0.25, 0.3) is 0 Å². The highest BCUT2D eigenvalue weighted by molar-refractivity contribution is 5.81. The third-order valence-electron chi connectivity index (χ3n) is 2.10. The monoisotopic (exact) mass is 193 g/mol. The van der Waals surface area contributed by atoms with E-state index in [4.69, 9.17) is 14.4 Å². The molecule has 0 aliphatic carbocycles. The maximum Gasteiger partial charge on any atom is 0.167 e. The van der Waals surface area contributed by atoms with Crippen LogP contribution in [0.2, 0.25) is 0 Å². The molecule has 4 nitrogen and oxygen atoms in total. The number of hydrogen-bond acceptors (Lipinski definition) is 4. The van der Waals surface area contributed by atoms with E-state index in [1.54, 1.807) is 7.11 Å². The summed E-state index contributed by atoms with van der Waals surface area (Å²) in [5.74, 6) is 0.764. The largest absolute Gasteiger partial charge is 0.497 e. The number of nitrogens with zero attached hydrogens (tertiary/aromatic N) is 1. The number of methoxy groups -OCH3 is 1. The van der Waals surface area contributed by atoms with Crippen LogP contribution < -0.4 is 4.74 Å². The third kappa shape index (κ3) is 1.44. The van der Waals surface area contributed by atoms with E-state index in [0.29, 0.717) is 12.0 Å².